The SMILES string of the molecule is Cl.O=S(=O)(O)c1ccc(Oc2ccc(-c3cccnc3)cc2)cc1. The largest absolute Gasteiger partial charge is 0.457 e. The van der Waals surface area contributed by atoms with Gasteiger partial charge in [-0.2, -0.15) is 8.42 Å². The lowest BCUT2D eigenvalue weighted by Crippen LogP contribution is -1.97. The van der Waals surface area contributed by atoms with E-state index in [1.165, 1.54) is 24.3 Å². The third kappa shape index (κ3) is 4.32. The van der Waals surface area contributed by atoms with Crippen LogP contribution in [-0.2, 0) is 10.1 Å². The van der Waals surface area contributed by atoms with E-state index >= 15 is 0 Å². The molecule has 1 aromatic heterocycles. The molecule has 0 fully saturated rings. The Balaban J connectivity index is 0.00000208. The number of hydrogen-bond donors (Lipinski definition) is 1. The van der Waals surface area contributed by atoms with Gasteiger partial charge in [0.25, 0.3) is 10.1 Å². The topological polar surface area (TPSA) is 76.5 Å². The van der Waals surface area contributed by atoms with Crippen molar-refractivity contribution < 1.29 is 17.7 Å². The first-order chi connectivity index (χ1) is 11.0. The van der Waals surface area contributed by atoms with E-state index in [9.17, 15) is 8.42 Å². The normalized spacial score (nSPS) is 10.7. The smallest absolute Gasteiger partial charge is 0.294 e. The molecule has 0 radical (unpaired) electrons. The van der Waals surface area contributed by atoms with Gasteiger partial charge in [0.1, 0.15) is 11.5 Å². The minimum absolute atomic E-state index is 0. The summed E-state index contributed by atoms with van der Waals surface area (Å²) >= 11 is 0. The van der Waals surface area contributed by atoms with Crippen molar-refractivity contribution in [3.63, 3.8) is 0 Å². The van der Waals surface area contributed by atoms with E-state index in [1.807, 2.05) is 36.4 Å². The van der Waals surface area contributed by atoms with E-state index in [1.54, 1.807) is 12.4 Å². The summed E-state index contributed by atoms with van der Waals surface area (Å²) in [4.78, 5) is 3.91. The molecule has 0 spiro atoms. The number of benzene rings is 2. The maximum Gasteiger partial charge on any atom is 0.294 e. The first kappa shape index (κ1) is 17.9. The lowest BCUT2D eigenvalue weighted by molar-refractivity contribution is 0.478. The van der Waals surface area contributed by atoms with Crippen LogP contribution in [0.4, 0.5) is 0 Å². The molecule has 24 heavy (non-hydrogen) atoms. The van der Waals surface area contributed by atoms with Gasteiger partial charge in [0.2, 0.25) is 0 Å². The average Bonchev–Trinajstić information content (AvgIpc) is 2.56. The lowest BCUT2D eigenvalue weighted by Gasteiger charge is -2.07. The van der Waals surface area contributed by atoms with Crippen LogP contribution in [0.5, 0.6) is 11.5 Å². The van der Waals surface area contributed by atoms with E-state index in [0.717, 1.165) is 11.1 Å². The molecule has 1 N–H and O–H groups in total. The van der Waals surface area contributed by atoms with Gasteiger partial charge in [-0.25, -0.2) is 0 Å². The zero-order chi connectivity index (χ0) is 16.3. The number of pyridine rings is 1. The second-order valence-electron chi connectivity index (χ2n) is 4.81. The molecule has 3 aromatic rings. The predicted molar refractivity (Wildman–Crippen MR) is 93.3 cm³/mol. The Morgan fingerprint density at radius 3 is 1.92 bits per heavy atom. The Hall–Kier alpha value is -2.41. The molecular formula is C17H14ClNO4S. The molecule has 0 bridgehead atoms. The van der Waals surface area contributed by atoms with E-state index in [2.05, 4.69) is 4.98 Å². The Kier molecular flexibility index (Phi) is 5.56. The molecule has 0 aliphatic rings. The van der Waals surface area contributed by atoms with Crippen molar-refractivity contribution in [2.75, 3.05) is 0 Å². The first-order valence-corrected chi connectivity index (χ1v) is 8.22. The third-order valence-corrected chi connectivity index (χ3v) is 4.07. The highest BCUT2D eigenvalue weighted by Crippen LogP contribution is 2.26. The van der Waals surface area contributed by atoms with Gasteiger partial charge in [-0.15, -0.1) is 12.4 Å². The summed E-state index contributed by atoms with van der Waals surface area (Å²) in [5, 5.41) is 0. The maximum atomic E-state index is 11.0. The van der Waals surface area contributed by atoms with E-state index < -0.39 is 10.1 Å². The summed E-state index contributed by atoms with van der Waals surface area (Å²) in [6.45, 7) is 0. The average molecular weight is 364 g/mol. The van der Waals surface area contributed by atoms with Gasteiger partial charge in [-0.3, -0.25) is 9.54 Å². The Morgan fingerprint density at radius 1 is 0.833 bits per heavy atom. The quantitative estimate of drug-likeness (QED) is 0.702. The number of nitrogens with zero attached hydrogens (tertiary/aromatic N) is 1. The maximum absolute atomic E-state index is 11.0. The van der Waals surface area contributed by atoms with E-state index in [4.69, 9.17) is 9.29 Å². The van der Waals surface area contributed by atoms with Crippen LogP contribution in [-0.4, -0.2) is 18.0 Å². The molecule has 5 nitrogen and oxygen atoms in total. The van der Waals surface area contributed by atoms with Crippen LogP contribution in [0.25, 0.3) is 11.1 Å². The van der Waals surface area contributed by atoms with E-state index in [0.29, 0.717) is 11.5 Å². The molecule has 3 rings (SSSR count). The summed E-state index contributed by atoms with van der Waals surface area (Å²) in [7, 11) is -4.19. The monoisotopic (exact) mass is 363 g/mol. The third-order valence-electron chi connectivity index (χ3n) is 3.21. The fourth-order valence-electron chi connectivity index (χ4n) is 2.06. The van der Waals surface area contributed by atoms with Crippen LogP contribution in [0.3, 0.4) is 0 Å². The minimum atomic E-state index is -4.19. The minimum Gasteiger partial charge on any atom is -0.457 e. The number of hydrogen-bond acceptors (Lipinski definition) is 4. The van der Waals surface area contributed by atoms with Gasteiger partial charge in [-0.05, 0) is 53.6 Å². The molecule has 1 heterocycles. The van der Waals surface area contributed by atoms with Crippen LogP contribution < -0.4 is 4.74 Å². The van der Waals surface area contributed by atoms with Crippen molar-refractivity contribution in [2.45, 2.75) is 4.90 Å². The highest BCUT2D eigenvalue weighted by molar-refractivity contribution is 7.85. The molecule has 0 saturated carbocycles. The van der Waals surface area contributed by atoms with Crippen LogP contribution in [0.1, 0.15) is 0 Å². The highest BCUT2D eigenvalue weighted by Gasteiger charge is 2.09. The summed E-state index contributed by atoms with van der Waals surface area (Å²) in [5.41, 5.74) is 2.03. The van der Waals surface area contributed by atoms with Gasteiger partial charge in [0.15, 0.2) is 0 Å². The second kappa shape index (κ2) is 7.44. The van der Waals surface area contributed by atoms with Crippen LogP contribution >= 0.6 is 12.4 Å². The Morgan fingerprint density at radius 2 is 1.42 bits per heavy atom. The Labute approximate surface area is 146 Å². The second-order valence-corrected chi connectivity index (χ2v) is 6.24. The molecule has 0 saturated heterocycles. The summed E-state index contributed by atoms with van der Waals surface area (Å²) in [6.07, 6.45) is 3.50. The number of ether oxygens (including phenoxy) is 1. The molecule has 2 aromatic carbocycles. The first-order valence-electron chi connectivity index (χ1n) is 6.78. The zero-order valence-electron chi connectivity index (χ0n) is 12.4. The van der Waals surface area contributed by atoms with Crippen molar-refractivity contribution >= 4 is 22.5 Å². The fraction of sp³-hybridized carbons (Fsp3) is 0. The number of halogens is 1. The number of rotatable bonds is 4. The number of aromatic nitrogens is 1. The highest BCUT2D eigenvalue weighted by atomic mass is 35.5. The molecule has 7 heteroatoms. The van der Waals surface area contributed by atoms with Gasteiger partial charge < -0.3 is 4.74 Å². The van der Waals surface area contributed by atoms with Crippen molar-refractivity contribution in [2.24, 2.45) is 0 Å². The summed E-state index contributed by atoms with van der Waals surface area (Å²) in [5.74, 6) is 1.10. The molecule has 0 aliphatic carbocycles. The predicted octanol–water partition coefficient (Wildman–Crippen LogP) is 4.21. The van der Waals surface area contributed by atoms with Crippen molar-refractivity contribution in [1.82, 2.24) is 4.98 Å². The standard InChI is InChI=1S/C17H13NO4S.ClH/c19-23(20,21)17-9-7-16(8-10-17)22-15-5-3-13(4-6-15)14-2-1-11-18-12-14;/h1-12H,(H,19,20,21);1H. The van der Waals surface area contributed by atoms with Crippen LogP contribution in [0.2, 0.25) is 0 Å². The molecule has 0 unspecified atom stereocenters. The van der Waals surface area contributed by atoms with Gasteiger partial charge >= 0.3 is 0 Å². The van der Waals surface area contributed by atoms with Crippen LogP contribution in [0, 0.1) is 0 Å². The summed E-state index contributed by atoms with van der Waals surface area (Å²) < 4.78 is 36.5. The fourth-order valence-corrected chi connectivity index (χ4v) is 2.54. The molecule has 124 valence electrons. The molecule has 0 aliphatic heterocycles. The molecule has 0 atom stereocenters. The van der Waals surface area contributed by atoms with E-state index in [-0.39, 0.29) is 17.3 Å². The Bertz CT molecular complexity index is 896. The molecular weight excluding hydrogens is 350 g/mol. The summed E-state index contributed by atoms with van der Waals surface area (Å²) in [6, 6.07) is 16.9. The molecule has 0 amide bonds. The van der Waals surface area contributed by atoms with Gasteiger partial charge in [-0.1, -0.05) is 18.2 Å². The zero-order valence-corrected chi connectivity index (χ0v) is 14.0. The van der Waals surface area contributed by atoms with Crippen LogP contribution in [0.15, 0.2) is 78.0 Å². The van der Waals surface area contributed by atoms with Crippen molar-refractivity contribution in [3.05, 3.63) is 73.1 Å². The van der Waals surface area contributed by atoms with Gasteiger partial charge in [0, 0.05) is 12.4 Å². The van der Waals surface area contributed by atoms with Gasteiger partial charge in [0.05, 0.1) is 4.90 Å². The lowest BCUT2D eigenvalue weighted by atomic mass is 10.1. The van der Waals surface area contributed by atoms with Crippen molar-refractivity contribution in [3.8, 4) is 22.6 Å². The van der Waals surface area contributed by atoms with Crippen molar-refractivity contribution in [1.29, 1.82) is 0 Å².